The summed E-state index contributed by atoms with van der Waals surface area (Å²) in [5, 5.41) is 7.60. The Hall–Kier alpha value is 0.853. The Bertz CT molecular complexity index is 63.8. The average Bonchev–Trinajstić information content (AvgIpc) is 1.69. The largest absolute Gasteiger partial charge is 0.480 e. The van der Waals surface area contributed by atoms with Gasteiger partial charge in [0.2, 0.25) is 0 Å². The minimum absolute atomic E-state index is 0. The van der Waals surface area contributed by atoms with Gasteiger partial charge in [0.25, 0.3) is 0 Å². The van der Waals surface area contributed by atoms with Crippen molar-refractivity contribution in [2.75, 3.05) is 6.54 Å². The Labute approximate surface area is 81.7 Å². The minimum atomic E-state index is -0.968. The summed E-state index contributed by atoms with van der Waals surface area (Å²) in [5.41, 5.74) is 4.57. The minimum Gasteiger partial charge on any atom is -0.480 e. The molecule has 0 bridgehead atoms. The molecule has 0 rings (SSSR count). The molecule has 0 saturated carbocycles. The third kappa shape index (κ3) is 51.1. The van der Waals surface area contributed by atoms with Gasteiger partial charge in [0.1, 0.15) is 0 Å². The number of carboxylic acids is 1. The molecule has 0 heterocycles. The van der Waals surface area contributed by atoms with Crippen LogP contribution >= 0.6 is 23.7 Å². The topological polar surface area (TPSA) is 72.5 Å². The SMILES string of the molecule is ClOCl.NCC(=O)O.[Zr]. The fraction of sp³-hybridized carbons (Fsp3) is 0.500. The third-order valence-corrected chi connectivity index (χ3v) is 0.175. The molecule has 0 aliphatic carbocycles. The van der Waals surface area contributed by atoms with Crippen LogP contribution in [0.3, 0.4) is 0 Å². The summed E-state index contributed by atoms with van der Waals surface area (Å²) >= 11 is 8.53. The van der Waals surface area contributed by atoms with Gasteiger partial charge in [-0.3, -0.25) is 4.79 Å². The number of carbonyl (C=O) groups is 1. The molecule has 0 saturated heterocycles. The van der Waals surface area contributed by atoms with Gasteiger partial charge in [-0.25, -0.2) is 0 Å². The summed E-state index contributed by atoms with van der Waals surface area (Å²) in [6.07, 6.45) is 0. The zero-order chi connectivity index (χ0) is 6.99. The number of halogens is 2. The summed E-state index contributed by atoms with van der Waals surface area (Å²) < 4.78 is 3.19. The van der Waals surface area contributed by atoms with Crippen molar-refractivity contribution >= 4 is 29.7 Å². The molecule has 3 N–H and O–H groups in total. The first kappa shape index (κ1) is 16.4. The monoisotopic (exact) mass is 251 g/mol. The molecule has 0 unspecified atom stereocenters. The van der Waals surface area contributed by atoms with E-state index < -0.39 is 5.97 Å². The summed E-state index contributed by atoms with van der Waals surface area (Å²) in [6, 6.07) is 0. The van der Waals surface area contributed by atoms with Crippen LogP contribution in [0.4, 0.5) is 0 Å². The first-order chi connectivity index (χ1) is 3.68. The van der Waals surface area contributed by atoms with Crippen LogP contribution in [0.1, 0.15) is 0 Å². The Morgan fingerprint density at radius 2 is 1.78 bits per heavy atom. The number of carboxylic acid groups (broad SMARTS) is 1. The van der Waals surface area contributed by atoms with Crippen LogP contribution in [0.5, 0.6) is 0 Å². The van der Waals surface area contributed by atoms with E-state index in [9.17, 15) is 4.79 Å². The fourth-order valence-corrected chi connectivity index (χ4v) is 0. The molecule has 0 aromatic rings. The van der Waals surface area contributed by atoms with E-state index in [0.29, 0.717) is 0 Å². The van der Waals surface area contributed by atoms with Crippen LogP contribution < -0.4 is 5.73 Å². The second kappa shape index (κ2) is 15.9. The molecule has 0 aliphatic heterocycles. The van der Waals surface area contributed by atoms with Crippen molar-refractivity contribution in [1.29, 1.82) is 0 Å². The zero-order valence-electron chi connectivity index (χ0n) is 4.30. The predicted molar refractivity (Wildman–Crippen MR) is 29.5 cm³/mol. The second-order valence-electron chi connectivity index (χ2n) is 0.656. The van der Waals surface area contributed by atoms with E-state index >= 15 is 0 Å². The molecule has 0 aliphatic rings. The maximum atomic E-state index is 9.24. The zero-order valence-corrected chi connectivity index (χ0v) is 8.27. The van der Waals surface area contributed by atoms with Crippen molar-refractivity contribution < 1.29 is 39.9 Å². The molecular weight excluding hydrogens is 248 g/mol. The number of nitrogens with two attached hydrogens (primary N) is 1. The predicted octanol–water partition coefficient (Wildman–Crippen LogP) is 0.338. The first-order valence-corrected chi connectivity index (χ1v) is 2.12. The van der Waals surface area contributed by atoms with E-state index in [2.05, 4.69) is 33.3 Å². The molecule has 0 atom stereocenters. The second-order valence-corrected chi connectivity index (χ2v) is 1.12. The van der Waals surface area contributed by atoms with Gasteiger partial charge in [0.15, 0.2) is 0 Å². The van der Waals surface area contributed by atoms with Gasteiger partial charge in [-0.05, 0) is 0 Å². The van der Waals surface area contributed by atoms with E-state index in [0.717, 1.165) is 0 Å². The van der Waals surface area contributed by atoms with Crippen LogP contribution in [-0.2, 0) is 34.8 Å². The quantitative estimate of drug-likeness (QED) is 0.706. The standard InChI is InChI=1S/C2H5NO2.Cl2O.Zr/c3-1-2(4)5;1-3-2;/h1,3H2,(H,4,5);;. The average molecular weight is 253 g/mol. The summed E-state index contributed by atoms with van der Waals surface area (Å²) in [5.74, 6) is -0.968. The maximum absolute atomic E-state index is 9.24. The molecular formula is C2H5Cl2NO3Zr. The van der Waals surface area contributed by atoms with Gasteiger partial charge in [0.05, 0.1) is 30.3 Å². The smallest absolute Gasteiger partial charge is 0.317 e. The van der Waals surface area contributed by atoms with Gasteiger partial charge in [-0.1, -0.05) is 0 Å². The van der Waals surface area contributed by atoms with Crippen molar-refractivity contribution in [3.05, 3.63) is 0 Å². The van der Waals surface area contributed by atoms with Crippen molar-refractivity contribution in [3.8, 4) is 0 Å². The molecule has 0 fully saturated rings. The first-order valence-electron chi connectivity index (χ1n) is 1.50. The Balaban J connectivity index is -0.0000000800. The molecule has 0 aromatic heterocycles. The van der Waals surface area contributed by atoms with Gasteiger partial charge in [-0.15, -0.1) is 0 Å². The van der Waals surface area contributed by atoms with E-state index in [1.807, 2.05) is 0 Å². The van der Waals surface area contributed by atoms with E-state index in [-0.39, 0.29) is 32.7 Å². The molecule has 4 nitrogen and oxygen atoms in total. The van der Waals surface area contributed by atoms with Crippen molar-refractivity contribution in [3.63, 3.8) is 0 Å². The summed E-state index contributed by atoms with van der Waals surface area (Å²) in [6.45, 7) is -0.278. The molecule has 0 aromatic carbocycles. The van der Waals surface area contributed by atoms with Crippen LogP contribution in [0.2, 0.25) is 0 Å². The Morgan fingerprint density at radius 3 is 1.78 bits per heavy atom. The van der Waals surface area contributed by atoms with Gasteiger partial charge in [-0.2, -0.15) is 3.84 Å². The molecule has 0 spiro atoms. The summed E-state index contributed by atoms with van der Waals surface area (Å²) in [7, 11) is 0. The number of hydrogen-bond acceptors (Lipinski definition) is 3. The van der Waals surface area contributed by atoms with Crippen molar-refractivity contribution in [2.45, 2.75) is 0 Å². The van der Waals surface area contributed by atoms with E-state index in [4.69, 9.17) is 5.11 Å². The maximum Gasteiger partial charge on any atom is 0.317 e. The van der Waals surface area contributed by atoms with Gasteiger partial charge < -0.3 is 10.8 Å². The fourth-order valence-electron chi connectivity index (χ4n) is 0. The van der Waals surface area contributed by atoms with Crippen molar-refractivity contribution in [1.82, 2.24) is 0 Å². The van der Waals surface area contributed by atoms with Crippen molar-refractivity contribution in [2.24, 2.45) is 5.73 Å². The molecule has 0 radical (unpaired) electrons. The third-order valence-electron chi connectivity index (χ3n) is 0.175. The molecule has 0 amide bonds. The van der Waals surface area contributed by atoms with E-state index in [1.165, 1.54) is 0 Å². The molecule has 7 heteroatoms. The van der Waals surface area contributed by atoms with Crippen LogP contribution in [0.25, 0.3) is 0 Å². The number of aliphatic carboxylic acids is 1. The Morgan fingerprint density at radius 1 is 1.67 bits per heavy atom. The number of hydrogen-bond donors (Lipinski definition) is 2. The Kier molecular flexibility index (Phi) is 29.1. The normalized spacial score (nSPS) is 6.11. The van der Waals surface area contributed by atoms with Crippen LogP contribution in [0, 0.1) is 0 Å². The van der Waals surface area contributed by atoms with Gasteiger partial charge in [0, 0.05) is 26.2 Å². The molecule has 54 valence electrons. The number of rotatable bonds is 1. The molecule has 9 heavy (non-hydrogen) atoms. The van der Waals surface area contributed by atoms with Gasteiger partial charge >= 0.3 is 5.97 Å². The van der Waals surface area contributed by atoms with Crippen LogP contribution in [0.15, 0.2) is 0 Å². The van der Waals surface area contributed by atoms with Crippen LogP contribution in [-0.4, -0.2) is 17.6 Å². The summed E-state index contributed by atoms with van der Waals surface area (Å²) in [4.78, 5) is 9.24. The van der Waals surface area contributed by atoms with E-state index in [1.54, 1.807) is 0 Å².